The van der Waals surface area contributed by atoms with E-state index >= 15 is 0 Å². The van der Waals surface area contributed by atoms with Crippen molar-refractivity contribution in [1.82, 2.24) is 5.32 Å². The summed E-state index contributed by atoms with van der Waals surface area (Å²) in [5.74, 6) is 0.676. The largest absolute Gasteiger partial charge is 0.497 e. The summed E-state index contributed by atoms with van der Waals surface area (Å²) >= 11 is 0. The quantitative estimate of drug-likeness (QED) is 0.808. The summed E-state index contributed by atoms with van der Waals surface area (Å²) in [5, 5.41) is 8.47. The number of carbonyl (C=O) groups is 2. The second-order valence-corrected chi connectivity index (χ2v) is 5.69. The Labute approximate surface area is 140 Å². The van der Waals surface area contributed by atoms with E-state index in [9.17, 15) is 9.59 Å². The second kappa shape index (κ2) is 6.62. The Morgan fingerprint density at radius 1 is 1.25 bits per heavy atom. The SMILES string of the molecule is COc1cccc(NC(=O)N[C@H](C)c2ccc3c(c2)CC(=O)N3)c1. The molecule has 0 aromatic heterocycles. The van der Waals surface area contributed by atoms with Gasteiger partial charge in [-0.3, -0.25) is 4.79 Å². The lowest BCUT2D eigenvalue weighted by molar-refractivity contribution is -0.115. The Morgan fingerprint density at radius 2 is 2.08 bits per heavy atom. The van der Waals surface area contributed by atoms with Crippen LogP contribution in [0.4, 0.5) is 16.2 Å². The van der Waals surface area contributed by atoms with Crippen molar-refractivity contribution in [2.45, 2.75) is 19.4 Å². The molecule has 0 aliphatic carbocycles. The maximum atomic E-state index is 12.2. The van der Waals surface area contributed by atoms with E-state index in [1.807, 2.05) is 37.3 Å². The van der Waals surface area contributed by atoms with Crippen LogP contribution in [0.5, 0.6) is 5.75 Å². The molecule has 0 radical (unpaired) electrons. The van der Waals surface area contributed by atoms with Gasteiger partial charge in [-0.2, -0.15) is 0 Å². The van der Waals surface area contributed by atoms with Crippen LogP contribution in [0.2, 0.25) is 0 Å². The van der Waals surface area contributed by atoms with Gasteiger partial charge in [0.25, 0.3) is 0 Å². The third-order valence-electron chi connectivity index (χ3n) is 3.93. The normalized spacial score (nSPS) is 13.7. The highest BCUT2D eigenvalue weighted by molar-refractivity contribution is 5.99. The zero-order valence-corrected chi connectivity index (χ0v) is 13.6. The molecule has 1 aliphatic heterocycles. The van der Waals surface area contributed by atoms with Crippen LogP contribution in [0.1, 0.15) is 24.1 Å². The molecule has 6 heteroatoms. The number of nitrogens with one attached hydrogen (secondary N) is 3. The van der Waals surface area contributed by atoms with Crippen LogP contribution < -0.4 is 20.7 Å². The number of anilines is 2. The number of urea groups is 1. The summed E-state index contributed by atoms with van der Waals surface area (Å²) in [6.45, 7) is 1.90. The zero-order valence-electron chi connectivity index (χ0n) is 13.6. The molecule has 2 aromatic carbocycles. The molecule has 1 atom stereocenters. The predicted octanol–water partition coefficient (Wildman–Crippen LogP) is 3.07. The summed E-state index contributed by atoms with van der Waals surface area (Å²) < 4.78 is 5.13. The van der Waals surface area contributed by atoms with Gasteiger partial charge in [0.15, 0.2) is 0 Å². The average Bonchev–Trinajstić information content (AvgIpc) is 2.93. The van der Waals surface area contributed by atoms with Crippen molar-refractivity contribution in [3.8, 4) is 5.75 Å². The minimum absolute atomic E-state index is 0.00136. The van der Waals surface area contributed by atoms with E-state index in [1.165, 1.54) is 0 Å². The van der Waals surface area contributed by atoms with Crippen LogP contribution in [0.15, 0.2) is 42.5 Å². The second-order valence-electron chi connectivity index (χ2n) is 5.69. The van der Waals surface area contributed by atoms with Crippen LogP contribution in [-0.4, -0.2) is 19.0 Å². The molecule has 0 saturated carbocycles. The van der Waals surface area contributed by atoms with Crippen molar-refractivity contribution >= 4 is 23.3 Å². The molecule has 0 bridgehead atoms. The number of amides is 3. The Bertz CT molecular complexity index is 789. The van der Waals surface area contributed by atoms with Crippen molar-refractivity contribution in [2.24, 2.45) is 0 Å². The van der Waals surface area contributed by atoms with E-state index in [0.29, 0.717) is 17.9 Å². The Kier molecular flexibility index (Phi) is 4.37. The highest BCUT2D eigenvalue weighted by Gasteiger charge is 2.19. The van der Waals surface area contributed by atoms with Crippen LogP contribution in [0.3, 0.4) is 0 Å². The number of methoxy groups -OCH3 is 1. The summed E-state index contributed by atoms with van der Waals surface area (Å²) in [5.41, 5.74) is 3.41. The molecule has 2 aromatic rings. The standard InChI is InChI=1S/C18H19N3O3/c1-11(12-6-7-16-13(8-12)9-17(22)21-16)19-18(23)20-14-4-3-5-15(10-14)24-2/h3-8,10-11H,9H2,1-2H3,(H,21,22)(H2,19,20,23)/t11-/m1/s1. The molecule has 1 aliphatic rings. The zero-order chi connectivity index (χ0) is 17.1. The van der Waals surface area contributed by atoms with E-state index < -0.39 is 0 Å². The maximum absolute atomic E-state index is 12.2. The number of rotatable bonds is 4. The maximum Gasteiger partial charge on any atom is 0.319 e. The first-order valence-electron chi connectivity index (χ1n) is 7.69. The van der Waals surface area contributed by atoms with Gasteiger partial charge in [0.05, 0.1) is 19.6 Å². The monoisotopic (exact) mass is 325 g/mol. The van der Waals surface area contributed by atoms with Gasteiger partial charge in [0.2, 0.25) is 5.91 Å². The van der Waals surface area contributed by atoms with E-state index in [1.54, 1.807) is 19.2 Å². The molecule has 3 N–H and O–H groups in total. The highest BCUT2D eigenvalue weighted by atomic mass is 16.5. The molecule has 0 spiro atoms. The minimum atomic E-state index is -0.301. The third-order valence-corrected chi connectivity index (χ3v) is 3.93. The van der Waals surface area contributed by atoms with Crippen molar-refractivity contribution in [2.75, 3.05) is 17.7 Å². The van der Waals surface area contributed by atoms with Gasteiger partial charge >= 0.3 is 6.03 Å². The summed E-state index contributed by atoms with van der Waals surface area (Å²) in [7, 11) is 1.58. The van der Waals surface area contributed by atoms with E-state index in [4.69, 9.17) is 4.74 Å². The average molecular weight is 325 g/mol. The van der Waals surface area contributed by atoms with Gasteiger partial charge in [-0.15, -0.1) is 0 Å². The molecule has 3 amide bonds. The number of carbonyl (C=O) groups excluding carboxylic acids is 2. The molecule has 0 fully saturated rings. The first kappa shape index (κ1) is 15.9. The molecule has 1 heterocycles. The number of fused-ring (bicyclic) bond motifs is 1. The summed E-state index contributed by atoms with van der Waals surface area (Å²) in [4.78, 5) is 23.6. The van der Waals surface area contributed by atoms with Crippen molar-refractivity contribution in [3.63, 3.8) is 0 Å². The van der Waals surface area contributed by atoms with Crippen molar-refractivity contribution in [3.05, 3.63) is 53.6 Å². The molecule has 0 saturated heterocycles. The lowest BCUT2D eigenvalue weighted by Gasteiger charge is -2.16. The first-order chi connectivity index (χ1) is 11.5. The number of benzene rings is 2. The smallest absolute Gasteiger partial charge is 0.319 e. The van der Waals surface area contributed by atoms with E-state index in [2.05, 4.69) is 16.0 Å². The Hall–Kier alpha value is -3.02. The van der Waals surface area contributed by atoms with Gasteiger partial charge in [-0.25, -0.2) is 4.79 Å². The third kappa shape index (κ3) is 3.48. The predicted molar refractivity (Wildman–Crippen MR) is 92.3 cm³/mol. The fraction of sp³-hybridized carbons (Fsp3) is 0.222. The van der Waals surface area contributed by atoms with Crippen LogP contribution in [0, 0.1) is 0 Å². The lowest BCUT2D eigenvalue weighted by Crippen LogP contribution is -2.31. The highest BCUT2D eigenvalue weighted by Crippen LogP contribution is 2.26. The number of ether oxygens (including phenoxy) is 1. The molecule has 6 nitrogen and oxygen atoms in total. The van der Waals surface area contributed by atoms with Gasteiger partial charge < -0.3 is 20.7 Å². The topological polar surface area (TPSA) is 79.5 Å². The van der Waals surface area contributed by atoms with Gasteiger partial charge in [0, 0.05) is 17.4 Å². The summed E-state index contributed by atoms with van der Waals surface area (Å²) in [6, 6.07) is 12.4. The molecule has 124 valence electrons. The van der Waals surface area contributed by atoms with Gasteiger partial charge in [-0.05, 0) is 36.2 Å². The molecular formula is C18H19N3O3. The van der Waals surface area contributed by atoms with Crippen LogP contribution in [0.25, 0.3) is 0 Å². The summed E-state index contributed by atoms with van der Waals surface area (Å²) in [6.07, 6.45) is 0.381. The lowest BCUT2D eigenvalue weighted by atomic mass is 10.0. The fourth-order valence-electron chi connectivity index (χ4n) is 2.67. The molecular weight excluding hydrogens is 306 g/mol. The Balaban J connectivity index is 1.64. The van der Waals surface area contributed by atoms with Crippen LogP contribution in [-0.2, 0) is 11.2 Å². The van der Waals surface area contributed by atoms with Gasteiger partial charge in [-0.1, -0.05) is 18.2 Å². The van der Waals surface area contributed by atoms with E-state index in [-0.39, 0.29) is 18.0 Å². The van der Waals surface area contributed by atoms with Crippen molar-refractivity contribution < 1.29 is 14.3 Å². The fourth-order valence-corrected chi connectivity index (χ4v) is 2.67. The van der Waals surface area contributed by atoms with E-state index in [0.717, 1.165) is 16.8 Å². The minimum Gasteiger partial charge on any atom is -0.497 e. The number of hydrogen-bond donors (Lipinski definition) is 3. The van der Waals surface area contributed by atoms with Gasteiger partial charge in [0.1, 0.15) is 5.75 Å². The Morgan fingerprint density at radius 3 is 2.88 bits per heavy atom. The van der Waals surface area contributed by atoms with Crippen LogP contribution >= 0.6 is 0 Å². The molecule has 24 heavy (non-hydrogen) atoms. The molecule has 3 rings (SSSR count). The van der Waals surface area contributed by atoms with Crippen molar-refractivity contribution in [1.29, 1.82) is 0 Å². The molecule has 0 unspecified atom stereocenters. The number of hydrogen-bond acceptors (Lipinski definition) is 3. The first-order valence-corrected chi connectivity index (χ1v) is 7.69.